The van der Waals surface area contributed by atoms with Crippen molar-refractivity contribution in [1.29, 1.82) is 0 Å². The predicted octanol–water partition coefficient (Wildman–Crippen LogP) is 1.83. The van der Waals surface area contributed by atoms with Crippen LogP contribution >= 0.6 is 0 Å². The van der Waals surface area contributed by atoms with E-state index in [0.29, 0.717) is 18.1 Å². The first-order valence-electron chi connectivity index (χ1n) is 8.66. The van der Waals surface area contributed by atoms with Gasteiger partial charge in [-0.3, -0.25) is 14.6 Å². The second-order valence-corrected chi connectivity index (χ2v) is 6.94. The Morgan fingerprint density at radius 1 is 1.17 bits per heavy atom. The van der Waals surface area contributed by atoms with Crippen LogP contribution in [0, 0.1) is 6.92 Å². The third-order valence-corrected chi connectivity index (χ3v) is 5.52. The summed E-state index contributed by atoms with van der Waals surface area (Å²) < 4.78 is 11.4. The van der Waals surface area contributed by atoms with E-state index in [0.717, 1.165) is 68.3 Å². The van der Waals surface area contributed by atoms with Crippen LogP contribution in [0.25, 0.3) is 11.7 Å². The van der Waals surface area contributed by atoms with Crippen molar-refractivity contribution in [2.24, 2.45) is 0 Å². The molecule has 0 saturated carbocycles. The highest BCUT2D eigenvalue weighted by molar-refractivity contribution is 6.00. The van der Waals surface area contributed by atoms with E-state index >= 15 is 0 Å². The van der Waals surface area contributed by atoms with Crippen LogP contribution in [0.15, 0.2) is 8.94 Å². The van der Waals surface area contributed by atoms with Gasteiger partial charge in [0.05, 0.1) is 11.6 Å². The van der Waals surface area contributed by atoms with Crippen molar-refractivity contribution >= 4 is 5.78 Å². The molecule has 7 nitrogen and oxygen atoms in total. The number of piperazine rings is 3. The third kappa shape index (κ3) is 2.08. The van der Waals surface area contributed by atoms with Crippen LogP contribution in [0.1, 0.15) is 46.4 Å². The molecule has 3 fully saturated rings. The molecule has 0 unspecified atom stereocenters. The smallest absolute Gasteiger partial charge is 0.293 e. The maximum absolute atomic E-state index is 12.2. The molecule has 4 aliphatic rings. The molecule has 0 aromatic carbocycles. The molecule has 2 bridgehead atoms. The monoisotopic (exact) mass is 328 g/mol. The molecule has 2 aromatic rings. The van der Waals surface area contributed by atoms with Crippen LogP contribution in [-0.2, 0) is 6.42 Å². The van der Waals surface area contributed by atoms with Crippen LogP contribution in [0.4, 0.5) is 0 Å². The fraction of sp³-hybridized carbons (Fsp3) is 0.588. The number of hydrogen-bond donors (Lipinski definition) is 0. The van der Waals surface area contributed by atoms with Crippen molar-refractivity contribution in [2.75, 3.05) is 32.7 Å². The van der Waals surface area contributed by atoms with Crippen LogP contribution in [0.5, 0.6) is 0 Å². The number of fused-ring (bicyclic) bond motifs is 4. The number of carbonyl (C=O) groups excluding carboxylic acids is 1. The molecule has 0 spiro atoms. The van der Waals surface area contributed by atoms with Gasteiger partial charge in [0.25, 0.3) is 5.89 Å². The van der Waals surface area contributed by atoms with E-state index < -0.39 is 0 Å². The van der Waals surface area contributed by atoms with Gasteiger partial charge in [-0.15, -0.1) is 0 Å². The summed E-state index contributed by atoms with van der Waals surface area (Å²) in [5.74, 6) is 2.60. The second kappa shape index (κ2) is 5.26. The zero-order valence-electron chi connectivity index (χ0n) is 13.7. The Hall–Kier alpha value is -1.99. The van der Waals surface area contributed by atoms with Crippen LogP contribution in [0.3, 0.4) is 0 Å². The van der Waals surface area contributed by atoms with E-state index in [1.165, 1.54) is 0 Å². The molecule has 126 valence electrons. The van der Waals surface area contributed by atoms with Crippen molar-refractivity contribution in [1.82, 2.24) is 19.9 Å². The molecule has 0 N–H and O–H groups in total. The Kier molecular flexibility index (Phi) is 3.14. The van der Waals surface area contributed by atoms with Crippen LogP contribution < -0.4 is 0 Å². The Labute approximate surface area is 139 Å². The number of Topliss-reactive ketones (excluding diaryl/α,β-unsaturated/α-hetero) is 1. The highest BCUT2D eigenvalue weighted by atomic mass is 16.5. The molecule has 5 heterocycles. The fourth-order valence-corrected chi connectivity index (χ4v) is 4.18. The molecule has 24 heavy (non-hydrogen) atoms. The summed E-state index contributed by atoms with van der Waals surface area (Å²) in [4.78, 5) is 21.6. The van der Waals surface area contributed by atoms with E-state index in [9.17, 15) is 4.79 Å². The fourth-order valence-electron chi connectivity index (χ4n) is 4.18. The van der Waals surface area contributed by atoms with E-state index in [-0.39, 0.29) is 11.8 Å². The zero-order valence-corrected chi connectivity index (χ0v) is 13.7. The molecule has 1 atom stereocenters. The predicted molar refractivity (Wildman–Crippen MR) is 84.8 cm³/mol. The van der Waals surface area contributed by atoms with E-state index in [4.69, 9.17) is 8.94 Å². The minimum Gasteiger partial charge on any atom is -0.455 e. The van der Waals surface area contributed by atoms with E-state index in [1.54, 1.807) is 0 Å². The first kappa shape index (κ1) is 14.4. The first-order valence-corrected chi connectivity index (χ1v) is 8.66. The first-order chi connectivity index (χ1) is 11.7. The van der Waals surface area contributed by atoms with Gasteiger partial charge in [-0.05, 0) is 13.3 Å². The van der Waals surface area contributed by atoms with Crippen molar-refractivity contribution in [3.8, 4) is 11.7 Å². The number of hydrogen-bond acceptors (Lipinski definition) is 7. The maximum Gasteiger partial charge on any atom is 0.293 e. The van der Waals surface area contributed by atoms with Gasteiger partial charge in [-0.1, -0.05) is 5.16 Å². The molecule has 6 rings (SSSR count). The molecule has 1 aliphatic carbocycles. The molecule has 0 amide bonds. The van der Waals surface area contributed by atoms with Crippen molar-refractivity contribution in [3.63, 3.8) is 0 Å². The Balaban J connectivity index is 1.49. The normalized spacial score (nSPS) is 29.0. The average Bonchev–Trinajstić information content (AvgIpc) is 3.21. The summed E-state index contributed by atoms with van der Waals surface area (Å²) in [6, 6.07) is 0.191. The summed E-state index contributed by atoms with van der Waals surface area (Å²) >= 11 is 0. The molecule has 7 heteroatoms. The minimum atomic E-state index is 0.159. The number of furan rings is 1. The average molecular weight is 328 g/mol. The van der Waals surface area contributed by atoms with E-state index in [1.807, 2.05) is 6.92 Å². The Bertz CT molecular complexity index is 801. The number of ketones is 1. The summed E-state index contributed by atoms with van der Waals surface area (Å²) in [6.07, 6.45) is 2.24. The van der Waals surface area contributed by atoms with Crippen molar-refractivity contribution < 1.29 is 13.7 Å². The van der Waals surface area contributed by atoms with Gasteiger partial charge in [-0.25, -0.2) is 0 Å². The number of aryl methyl sites for hydroxylation is 1. The van der Waals surface area contributed by atoms with Crippen molar-refractivity contribution in [2.45, 2.75) is 32.2 Å². The summed E-state index contributed by atoms with van der Waals surface area (Å²) in [5.41, 5.74) is 1.56. The number of nitrogens with zero attached hydrogens (tertiary/aromatic N) is 4. The maximum atomic E-state index is 12.2. The molecular formula is C17H20N4O3. The lowest BCUT2D eigenvalue weighted by atomic mass is 9.94. The topological polar surface area (TPSA) is 75.6 Å². The molecule has 2 aromatic heterocycles. The van der Waals surface area contributed by atoms with Gasteiger partial charge in [0, 0.05) is 51.1 Å². The SMILES string of the molecule is Cc1c(-c2nc([C@H]3CN4CCN3CC4)no2)oc2c1C(=O)CCC2. The largest absolute Gasteiger partial charge is 0.455 e. The minimum absolute atomic E-state index is 0.159. The lowest BCUT2D eigenvalue weighted by Crippen LogP contribution is -2.57. The molecule has 3 saturated heterocycles. The van der Waals surface area contributed by atoms with Gasteiger partial charge >= 0.3 is 0 Å². The highest BCUT2D eigenvalue weighted by Gasteiger charge is 2.36. The van der Waals surface area contributed by atoms with Crippen LogP contribution in [0.2, 0.25) is 0 Å². The van der Waals surface area contributed by atoms with Gasteiger partial charge in [0.15, 0.2) is 17.4 Å². The van der Waals surface area contributed by atoms with Gasteiger partial charge in [0.2, 0.25) is 0 Å². The quantitative estimate of drug-likeness (QED) is 0.832. The van der Waals surface area contributed by atoms with E-state index in [2.05, 4.69) is 19.9 Å². The third-order valence-electron chi connectivity index (χ3n) is 5.52. The van der Waals surface area contributed by atoms with Gasteiger partial charge < -0.3 is 8.94 Å². The summed E-state index contributed by atoms with van der Waals surface area (Å²) in [5, 5.41) is 4.20. The van der Waals surface area contributed by atoms with Crippen molar-refractivity contribution in [3.05, 3.63) is 22.7 Å². The number of carbonyl (C=O) groups is 1. The number of aromatic nitrogens is 2. The Morgan fingerprint density at radius 3 is 2.71 bits per heavy atom. The highest BCUT2D eigenvalue weighted by Crippen LogP contribution is 2.35. The standard InChI is InChI=1S/C17H20N4O3/c1-10-14-12(22)3-2-4-13(14)23-15(10)17-18-16(19-24-17)11-9-20-5-7-21(11)8-6-20/h11H,2-9H2,1H3/t11-/m1/s1. The summed E-state index contributed by atoms with van der Waals surface area (Å²) in [6.45, 7) is 7.20. The van der Waals surface area contributed by atoms with Gasteiger partial charge in [0.1, 0.15) is 5.76 Å². The summed E-state index contributed by atoms with van der Waals surface area (Å²) in [7, 11) is 0. The zero-order chi connectivity index (χ0) is 16.3. The second-order valence-electron chi connectivity index (χ2n) is 6.94. The lowest BCUT2D eigenvalue weighted by molar-refractivity contribution is 0.00781. The molecule has 3 aliphatic heterocycles. The lowest BCUT2D eigenvalue weighted by Gasteiger charge is -2.46. The molecular weight excluding hydrogens is 308 g/mol. The van der Waals surface area contributed by atoms with Gasteiger partial charge in [-0.2, -0.15) is 4.98 Å². The molecule has 0 radical (unpaired) electrons. The van der Waals surface area contributed by atoms with Crippen LogP contribution in [-0.4, -0.2) is 58.4 Å². The number of rotatable bonds is 2. The Morgan fingerprint density at radius 2 is 2.00 bits per heavy atom.